The third-order valence-corrected chi connectivity index (χ3v) is 6.75. The number of carbonyl (C=O) groups is 2. The van der Waals surface area contributed by atoms with E-state index in [-0.39, 0.29) is 11.5 Å². The number of carbonyl (C=O) groups excluding carboxylic acids is 2. The Balaban J connectivity index is 2.27. The Morgan fingerprint density at radius 1 is 1.03 bits per heavy atom. The molecule has 0 saturated heterocycles. The van der Waals surface area contributed by atoms with Gasteiger partial charge in [0.05, 0.1) is 4.90 Å². The second kappa shape index (κ2) is 8.73. The molecule has 29 heavy (non-hydrogen) atoms. The molecule has 10 heteroatoms. The third kappa shape index (κ3) is 4.73. The maximum absolute atomic E-state index is 13.1. The summed E-state index contributed by atoms with van der Waals surface area (Å²) in [6, 6.07) is 3.54. The lowest BCUT2D eigenvalue weighted by atomic mass is 9.80. The summed E-state index contributed by atoms with van der Waals surface area (Å²) in [5.41, 5.74) is -6.49. The zero-order valence-electron chi connectivity index (χ0n) is 16.4. The van der Waals surface area contributed by atoms with Crippen LogP contribution in [0, 0.1) is 0 Å². The first kappa shape index (κ1) is 23.2. The minimum Gasteiger partial charge on any atom is -0.341 e. The molecule has 6 nitrogen and oxygen atoms in total. The van der Waals surface area contributed by atoms with Crippen LogP contribution >= 0.6 is 0 Å². The number of likely N-dealkylation sites (N-methyl/N-ethyl adjacent to an activating group) is 1. The fourth-order valence-electron chi connectivity index (χ4n) is 3.57. The first-order chi connectivity index (χ1) is 13.5. The summed E-state index contributed by atoms with van der Waals surface area (Å²) in [5, 5.41) is 2.78. The molecule has 1 saturated carbocycles. The molecule has 0 unspecified atom stereocenters. The molecule has 0 aromatic heterocycles. The summed E-state index contributed by atoms with van der Waals surface area (Å²) in [7, 11) is -5.48. The number of benzene rings is 1. The van der Waals surface area contributed by atoms with E-state index in [0.717, 1.165) is 43.5 Å². The summed E-state index contributed by atoms with van der Waals surface area (Å²) in [6.07, 6.45) is 3.46. The van der Waals surface area contributed by atoms with E-state index in [1.54, 1.807) is 4.90 Å². The summed E-state index contributed by atoms with van der Waals surface area (Å²) in [5.74, 6) is -0.796. The first-order valence-electron chi connectivity index (χ1n) is 9.52. The Morgan fingerprint density at radius 3 is 2.00 bits per heavy atom. The van der Waals surface area contributed by atoms with Crippen LogP contribution in [-0.4, -0.2) is 49.3 Å². The van der Waals surface area contributed by atoms with Crippen LogP contribution in [-0.2, 0) is 14.6 Å². The summed E-state index contributed by atoms with van der Waals surface area (Å²) in [4.78, 5) is 26.5. The van der Waals surface area contributed by atoms with Crippen LogP contribution in [0.5, 0.6) is 0 Å². The van der Waals surface area contributed by atoms with Gasteiger partial charge in [-0.1, -0.05) is 19.3 Å². The molecule has 0 atom stereocenters. The monoisotopic (exact) mass is 434 g/mol. The molecule has 0 spiro atoms. The zero-order chi connectivity index (χ0) is 21.9. The Hall–Kier alpha value is -2.10. The van der Waals surface area contributed by atoms with Crippen molar-refractivity contribution < 1.29 is 31.2 Å². The highest BCUT2D eigenvalue weighted by Crippen LogP contribution is 2.32. The normalized spacial score (nSPS) is 16.9. The Kier molecular flexibility index (Phi) is 6.97. The highest BCUT2D eigenvalue weighted by Gasteiger charge is 2.47. The van der Waals surface area contributed by atoms with Crippen LogP contribution in [0.4, 0.5) is 13.2 Å². The van der Waals surface area contributed by atoms with Crippen LogP contribution in [0.3, 0.4) is 0 Å². The molecule has 2 rings (SSSR count). The SMILES string of the molecule is CCN(CC)C(=O)C1(NC(=O)c2ccc(S(=O)(=O)C(F)(F)F)cc2)CCCCC1. The largest absolute Gasteiger partial charge is 0.501 e. The van der Waals surface area contributed by atoms with Crippen molar-refractivity contribution in [2.45, 2.75) is 61.9 Å². The van der Waals surface area contributed by atoms with Crippen molar-refractivity contribution in [2.24, 2.45) is 0 Å². The average molecular weight is 434 g/mol. The van der Waals surface area contributed by atoms with E-state index in [2.05, 4.69) is 5.32 Å². The second-order valence-electron chi connectivity index (χ2n) is 7.05. The van der Waals surface area contributed by atoms with Crippen molar-refractivity contribution >= 4 is 21.7 Å². The van der Waals surface area contributed by atoms with Crippen LogP contribution in [0.25, 0.3) is 0 Å². The smallest absolute Gasteiger partial charge is 0.341 e. The molecule has 1 aliphatic rings. The van der Waals surface area contributed by atoms with Gasteiger partial charge >= 0.3 is 5.51 Å². The lowest BCUT2D eigenvalue weighted by Crippen LogP contribution is -2.60. The maximum atomic E-state index is 13.1. The van der Waals surface area contributed by atoms with E-state index < -0.39 is 31.7 Å². The highest BCUT2D eigenvalue weighted by atomic mass is 32.2. The van der Waals surface area contributed by atoms with Gasteiger partial charge in [0.1, 0.15) is 5.54 Å². The Labute approximate surface area is 168 Å². The lowest BCUT2D eigenvalue weighted by molar-refractivity contribution is -0.139. The predicted octanol–water partition coefficient (Wildman–Crippen LogP) is 3.28. The molecule has 162 valence electrons. The first-order valence-corrected chi connectivity index (χ1v) is 11.0. The summed E-state index contributed by atoms with van der Waals surface area (Å²) in [6.45, 7) is 4.69. The van der Waals surface area contributed by atoms with Gasteiger partial charge in [-0.05, 0) is 51.0 Å². The average Bonchev–Trinajstić information content (AvgIpc) is 2.68. The molecular weight excluding hydrogens is 409 g/mol. The second-order valence-corrected chi connectivity index (χ2v) is 8.99. The third-order valence-electron chi connectivity index (χ3n) is 5.25. The van der Waals surface area contributed by atoms with Crippen LogP contribution in [0.15, 0.2) is 29.2 Å². The summed E-state index contributed by atoms with van der Waals surface area (Å²) < 4.78 is 60.9. The number of alkyl halides is 3. The highest BCUT2D eigenvalue weighted by molar-refractivity contribution is 7.92. The van der Waals surface area contributed by atoms with Crippen molar-refractivity contribution in [3.05, 3.63) is 29.8 Å². The molecule has 1 fully saturated rings. The van der Waals surface area contributed by atoms with Gasteiger partial charge in [0.25, 0.3) is 15.7 Å². The zero-order valence-corrected chi connectivity index (χ0v) is 17.2. The molecule has 0 heterocycles. The van der Waals surface area contributed by atoms with Gasteiger partial charge in [0, 0.05) is 18.7 Å². The van der Waals surface area contributed by atoms with Crippen LogP contribution in [0.1, 0.15) is 56.3 Å². The van der Waals surface area contributed by atoms with Crippen molar-refractivity contribution in [3.8, 4) is 0 Å². The quantitative estimate of drug-likeness (QED) is 0.745. The molecule has 1 aromatic rings. The molecule has 1 N–H and O–H groups in total. The van der Waals surface area contributed by atoms with E-state index in [9.17, 15) is 31.2 Å². The molecule has 2 amide bonds. The predicted molar refractivity (Wildman–Crippen MR) is 101 cm³/mol. The van der Waals surface area contributed by atoms with Crippen molar-refractivity contribution in [2.75, 3.05) is 13.1 Å². The number of nitrogens with zero attached hydrogens (tertiary/aromatic N) is 1. The molecular formula is C19H25F3N2O4S. The summed E-state index contributed by atoms with van der Waals surface area (Å²) >= 11 is 0. The molecule has 0 aliphatic heterocycles. The van der Waals surface area contributed by atoms with Crippen molar-refractivity contribution in [1.29, 1.82) is 0 Å². The van der Waals surface area contributed by atoms with Gasteiger partial charge < -0.3 is 10.2 Å². The topological polar surface area (TPSA) is 83.6 Å². The fourth-order valence-corrected chi connectivity index (χ4v) is 4.33. The van der Waals surface area contributed by atoms with Gasteiger partial charge in [0.15, 0.2) is 0 Å². The Morgan fingerprint density at radius 2 is 1.55 bits per heavy atom. The Bertz CT molecular complexity index is 841. The number of halogens is 3. The van der Waals surface area contributed by atoms with E-state index >= 15 is 0 Å². The number of nitrogens with one attached hydrogen (secondary N) is 1. The standard InChI is InChI=1S/C19H25F3N2O4S/c1-3-24(4-2)17(26)18(12-6-5-7-13-18)23-16(25)14-8-10-15(11-9-14)29(27,28)19(20,21)22/h8-11H,3-7,12-13H2,1-2H3,(H,23,25). The fraction of sp³-hybridized carbons (Fsp3) is 0.579. The van der Waals surface area contributed by atoms with Gasteiger partial charge in [-0.3, -0.25) is 9.59 Å². The number of amides is 2. The molecule has 1 aliphatic carbocycles. The number of hydrogen-bond donors (Lipinski definition) is 1. The van der Waals surface area contributed by atoms with E-state index in [1.165, 1.54) is 0 Å². The lowest BCUT2D eigenvalue weighted by Gasteiger charge is -2.40. The van der Waals surface area contributed by atoms with Crippen LogP contribution in [0.2, 0.25) is 0 Å². The van der Waals surface area contributed by atoms with E-state index in [4.69, 9.17) is 0 Å². The van der Waals surface area contributed by atoms with Crippen molar-refractivity contribution in [1.82, 2.24) is 10.2 Å². The number of hydrogen-bond acceptors (Lipinski definition) is 4. The minimum absolute atomic E-state index is 0.0107. The molecule has 0 radical (unpaired) electrons. The van der Waals surface area contributed by atoms with E-state index in [1.807, 2.05) is 13.8 Å². The van der Waals surface area contributed by atoms with Gasteiger partial charge in [0.2, 0.25) is 5.91 Å². The van der Waals surface area contributed by atoms with Gasteiger partial charge in [-0.15, -0.1) is 0 Å². The van der Waals surface area contributed by atoms with Crippen LogP contribution < -0.4 is 5.32 Å². The minimum atomic E-state index is -5.48. The number of rotatable bonds is 6. The molecule has 0 bridgehead atoms. The maximum Gasteiger partial charge on any atom is 0.501 e. The van der Waals surface area contributed by atoms with Gasteiger partial charge in [-0.25, -0.2) is 8.42 Å². The van der Waals surface area contributed by atoms with Crippen molar-refractivity contribution in [3.63, 3.8) is 0 Å². The number of sulfone groups is 1. The van der Waals surface area contributed by atoms with Gasteiger partial charge in [-0.2, -0.15) is 13.2 Å². The van der Waals surface area contributed by atoms with E-state index in [0.29, 0.717) is 25.9 Å². The molecule has 1 aromatic carbocycles.